The molecule has 0 aliphatic carbocycles. The van der Waals surface area contributed by atoms with Crippen LogP contribution in [-0.2, 0) is 19.6 Å². The maximum Gasteiger partial charge on any atom is 0.318 e. The summed E-state index contributed by atoms with van der Waals surface area (Å²) in [7, 11) is 0. The Labute approximate surface area is 136 Å². The summed E-state index contributed by atoms with van der Waals surface area (Å²) in [5, 5.41) is 2.82. The fourth-order valence-electron chi connectivity index (χ4n) is 2.87. The zero-order valence-electron chi connectivity index (χ0n) is 13.1. The van der Waals surface area contributed by atoms with E-state index in [1.807, 2.05) is 25.1 Å². The minimum absolute atomic E-state index is 0.192. The summed E-state index contributed by atoms with van der Waals surface area (Å²) in [5.41, 5.74) is 3.97. The summed E-state index contributed by atoms with van der Waals surface area (Å²) in [5.74, 6) is 0.691. The zero-order chi connectivity index (χ0) is 16.7. The zero-order valence-corrected chi connectivity index (χ0v) is 13.1. The van der Waals surface area contributed by atoms with Gasteiger partial charge in [-0.1, -0.05) is 6.07 Å². The quantitative estimate of drug-likeness (QED) is 0.658. The van der Waals surface area contributed by atoms with Crippen LogP contribution in [0.4, 0.5) is 4.79 Å². The first-order valence-electron chi connectivity index (χ1n) is 7.63. The molecule has 2 amide bonds. The van der Waals surface area contributed by atoms with Gasteiger partial charge >= 0.3 is 6.03 Å². The largest absolute Gasteiger partial charge is 0.340 e. The van der Waals surface area contributed by atoms with E-state index < -0.39 is 0 Å². The summed E-state index contributed by atoms with van der Waals surface area (Å²) >= 11 is 0. The van der Waals surface area contributed by atoms with Crippen LogP contribution in [0.15, 0.2) is 29.3 Å². The topological polar surface area (TPSA) is 107 Å². The number of amides is 2. The molecule has 0 atom stereocenters. The number of carbonyl (C=O) groups excluding carboxylic acids is 1. The van der Waals surface area contributed by atoms with Crippen LogP contribution in [0.1, 0.15) is 22.6 Å². The van der Waals surface area contributed by atoms with Gasteiger partial charge in [-0.3, -0.25) is 4.79 Å². The highest BCUT2D eigenvalue weighted by Gasteiger charge is 2.26. The number of benzene rings is 1. The van der Waals surface area contributed by atoms with Crippen LogP contribution in [0.3, 0.4) is 0 Å². The Morgan fingerprint density at radius 1 is 1.38 bits per heavy atom. The number of urea groups is 1. The molecule has 0 saturated heterocycles. The van der Waals surface area contributed by atoms with Gasteiger partial charge in [-0.25, -0.2) is 14.8 Å². The third kappa shape index (κ3) is 2.51. The molecule has 8 heteroatoms. The first-order chi connectivity index (χ1) is 11.6. The molecule has 1 aliphatic heterocycles. The number of carbonyl (C=O) groups is 1. The summed E-state index contributed by atoms with van der Waals surface area (Å²) in [6.45, 7) is 2.92. The van der Waals surface area contributed by atoms with Crippen molar-refractivity contribution < 1.29 is 4.79 Å². The average Bonchev–Trinajstić information content (AvgIpc) is 3.16. The van der Waals surface area contributed by atoms with Gasteiger partial charge in [0.1, 0.15) is 5.82 Å². The van der Waals surface area contributed by atoms with E-state index in [1.165, 1.54) is 6.33 Å². The van der Waals surface area contributed by atoms with E-state index in [4.69, 9.17) is 0 Å². The molecule has 3 N–H and O–H groups in total. The van der Waals surface area contributed by atoms with Crippen molar-refractivity contribution in [3.8, 4) is 0 Å². The maximum absolute atomic E-state index is 12.3. The smallest absolute Gasteiger partial charge is 0.318 e. The molecule has 4 rings (SSSR count). The van der Waals surface area contributed by atoms with Gasteiger partial charge in [0.05, 0.1) is 48.3 Å². The second kappa shape index (κ2) is 5.48. The maximum atomic E-state index is 12.3. The number of nitrogens with zero attached hydrogens (tertiary/aromatic N) is 3. The SMILES string of the molecule is Cc1ccc2nc(CNC(=O)N3Cc4nc[nH]c(=O)c4C3)[nH]c2c1. The van der Waals surface area contributed by atoms with Crippen molar-refractivity contribution in [3.05, 3.63) is 57.5 Å². The summed E-state index contributed by atoms with van der Waals surface area (Å²) in [6, 6.07) is 5.71. The molecule has 3 heterocycles. The predicted octanol–water partition coefficient (Wildman–Crippen LogP) is 1.18. The molecule has 0 unspecified atom stereocenters. The normalized spacial score (nSPS) is 13.3. The number of H-pyrrole nitrogens is 2. The molecule has 0 bridgehead atoms. The van der Waals surface area contributed by atoms with Gasteiger partial charge in [0.25, 0.3) is 5.56 Å². The predicted molar refractivity (Wildman–Crippen MR) is 87.2 cm³/mol. The number of hydrogen-bond acceptors (Lipinski definition) is 4. The second-order valence-electron chi connectivity index (χ2n) is 5.88. The molecule has 0 radical (unpaired) electrons. The Morgan fingerprint density at radius 2 is 2.25 bits per heavy atom. The minimum atomic E-state index is -0.246. The number of rotatable bonds is 2. The van der Waals surface area contributed by atoms with Crippen molar-refractivity contribution in [3.63, 3.8) is 0 Å². The molecule has 8 nitrogen and oxygen atoms in total. The van der Waals surface area contributed by atoms with Gasteiger partial charge in [-0.2, -0.15) is 0 Å². The molecule has 0 saturated carbocycles. The lowest BCUT2D eigenvalue weighted by Gasteiger charge is -2.15. The Kier molecular flexibility index (Phi) is 3.30. The third-order valence-corrected chi connectivity index (χ3v) is 4.11. The van der Waals surface area contributed by atoms with Crippen molar-refractivity contribution in [1.82, 2.24) is 30.2 Å². The second-order valence-corrected chi connectivity index (χ2v) is 5.88. The van der Waals surface area contributed by atoms with E-state index >= 15 is 0 Å². The molecule has 24 heavy (non-hydrogen) atoms. The number of hydrogen-bond donors (Lipinski definition) is 3. The number of nitrogens with one attached hydrogen (secondary N) is 3. The lowest BCUT2D eigenvalue weighted by Crippen LogP contribution is -2.36. The highest BCUT2D eigenvalue weighted by Crippen LogP contribution is 2.17. The van der Waals surface area contributed by atoms with Gasteiger partial charge in [-0.15, -0.1) is 0 Å². The average molecular weight is 324 g/mol. The monoisotopic (exact) mass is 324 g/mol. The highest BCUT2D eigenvalue weighted by atomic mass is 16.2. The lowest BCUT2D eigenvalue weighted by atomic mass is 10.2. The van der Waals surface area contributed by atoms with Crippen molar-refractivity contribution in [2.45, 2.75) is 26.6 Å². The van der Waals surface area contributed by atoms with E-state index in [1.54, 1.807) is 4.90 Å². The van der Waals surface area contributed by atoms with Crippen LogP contribution in [0.25, 0.3) is 11.0 Å². The fourth-order valence-corrected chi connectivity index (χ4v) is 2.87. The van der Waals surface area contributed by atoms with Crippen molar-refractivity contribution in [1.29, 1.82) is 0 Å². The lowest BCUT2D eigenvalue weighted by molar-refractivity contribution is 0.197. The van der Waals surface area contributed by atoms with Gasteiger partial charge in [-0.05, 0) is 24.6 Å². The van der Waals surface area contributed by atoms with Crippen molar-refractivity contribution in [2.75, 3.05) is 0 Å². The van der Waals surface area contributed by atoms with Crippen LogP contribution in [0, 0.1) is 6.92 Å². The molecule has 1 aliphatic rings. The van der Waals surface area contributed by atoms with Crippen LogP contribution >= 0.6 is 0 Å². The Bertz CT molecular complexity index is 990. The first-order valence-corrected chi connectivity index (χ1v) is 7.63. The number of imidazole rings is 1. The number of aryl methyl sites for hydroxylation is 1. The number of aromatic amines is 2. The molecule has 1 aromatic carbocycles. The van der Waals surface area contributed by atoms with Crippen LogP contribution in [-0.4, -0.2) is 30.9 Å². The summed E-state index contributed by atoms with van der Waals surface area (Å²) in [4.78, 5) is 39.9. The molecule has 2 aromatic heterocycles. The van der Waals surface area contributed by atoms with E-state index in [0.717, 1.165) is 16.6 Å². The van der Waals surface area contributed by atoms with Gasteiger partial charge in [0.15, 0.2) is 0 Å². The van der Waals surface area contributed by atoms with Crippen LogP contribution in [0.5, 0.6) is 0 Å². The standard InChI is InChI=1S/C16H16N6O2/c1-9-2-3-11-12(4-9)21-14(20-11)5-17-16(24)22-6-10-13(7-22)18-8-19-15(10)23/h2-4,8H,5-7H2,1H3,(H,17,24)(H,20,21)(H,18,19,23). The van der Waals surface area contributed by atoms with Gasteiger partial charge in [0.2, 0.25) is 0 Å². The van der Waals surface area contributed by atoms with E-state index in [2.05, 4.69) is 25.3 Å². The highest BCUT2D eigenvalue weighted by molar-refractivity contribution is 5.77. The summed E-state index contributed by atoms with van der Waals surface area (Å²) in [6.07, 6.45) is 1.36. The van der Waals surface area contributed by atoms with Crippen LogP contribution in [0.2, 0.25) is 0 Å². The van der Waals surface area contributed by atoms with E-state index in [9.17, 15) is 9.59 Å². The summed E-state index contributed by atoms with van der Waals surface area (Å²) < 4.78 is 0. The number of fused-ring (bicyclic) bond motifs is 2. The molecule has 0 spiro atoms. The van der Waals surface area contributed by atoms with E-state index in [0.29, 0.717) is 30.2 Å². The molecular weight excluding hydrogens is 308 g/mol. The third-order valence-electron chi connectivity index (χ3n) is 4.11. The Morgan fingerprint density at radius 3 is 3.08 bits per heavy atom. The van der Waals surface area contributed by atoms with E-state index in [-0.39, 0.29) is 18.1 Å². The fraction of sp³-hybridized carbons (Fsp3) is 0.250. The van der Waals surface area contributed by atoms with Crippen molar-refractivity contribution >= 4 is 17.1 Å². The molecule has 0 fully saturated rings. The minimum Gasteiger partial charge on any atom is -0.340 e. The van der Waals surface area contributed by atoms with Crippen molar-refractivity contribution in [2.24, 2.45) is 0 Å². The molecule has 122 valence electrons. The Balaban J connectivity index is 1.43. The van der Waals surface area contributed by atoms with Gasteiger partial charge < -0.3 is 20.2 Å². The molecule has 3 aromatic rings. The first kappa shape index (κ1) is 14.4. The number of aromatic nitrogens is 4. The Hall–Kier alpha value is -3.16. The molecular formula is C16H16N6O2. The van der Waals surface area contributed by atoms with Gasteiger partial charge in [0, 0.05) is 0 Å². The van der Waals surface area contributed by atoms with Crippen LogP contribution < -0.4 is 10.9 Å².